The van der Waals surface area contributed by atoms with Gasteiger partial charge in [0.1, 0.15) is 11.8 Å². The molecule has 0 aliphatic carbocycles. The first-order valence-corrected chi connectivity index (χ1v) is 4.95. The maximum atomic E-state index is 11.2. The van der Waals surface area contributed by atoms with Crippen molar-refractivity contribution < 1.29 is 24.6 Å². The molecule has 0 bridgehead atoms. The Bertz CT molecular complexity index is 340. The first-order valence-electron chi connectivity index (χ1n) is 4.95. The van der Waals surface area contributed by atoms with Gasteiger partial charge in [0.05, 0.1) is 0 Å². The predicted octanol–water partition coefficient (Wildman–Crippen LogP) is -0.855. The highest BCUT2D eigenvalue weighted by molar-refractivity contribution is 6.35. The van der Waals surface area contributed by atoms with Gasteiger partial charge < -0.3 is 15.9 Å². The first-order chi connectivity index (χ1) is 7.88. The van der Waals surface area contributed by atoms with E-state index in [-0.39, 0.29) is 25.0 Å². The Morgan fingerprint density at radius 2 is 1.94 bits per heavy atom. The maximum Gasteiger partial charge on any atom is 0.352 e. The average Bonchev–Trinajstić information content (AvgIpc) is 2.25. The van der Waals surface area contributed by atoms with Crippen LogP contribution >= 0.6 is 0 Å². The molecule has 0 heterocycles. The van der Waals surface area contributed by atoms with E-state index in [9.17, 15) is 14.4 Å². The molecule has 96 valence electrons. The Labute approximate surface area is 97.5 Å². The van der Waals surface area contributed by atoms with Crippen molar-refractivity contribution in [2.75, 3.05) is 0 Å². The summed E-state index contributed by atoms with van der Waals surface area (Å²) in [6, 6.07) is -1.12. The largest absolute Gasteiger partial charge is 0.480 e. The Morgan fingerprint density at radius 3 is 2.35 bits per heavy atom. The minimum Gasteiger partial charge on any atom is -0.480 e. The number of carbonyl (C=O) groups excluding carboxylic acids is 1. The van der Waals surface area contributed by atoms with Crippen LogP contribution in [0.25, 0.3) is 0 Å². The molecule has 0 aliphatic rings. The van der Waals surface area contributed by atoms with Gasteiger partial charge in [0.15, 0.2) is 0 Å². The summed E-state index contributed by atoms with van der Waals surface area (Å²) in [6.45, 7) is 1.58. The molecule has 0 spiro atoms. The number of carbonyl (C=O) groups is 3. The second kappa shape index (κ2) is 7.34. The molecular weight excluding hydrogens is 230 g/mol. The van der Waals surface area contributed by atoms with Gasteiger partial charge in [0.2, 0.25) is 5.91 Å². The van der Waals surface area contributed by atoms with Crippen LogP contribution in [-0.4, -0.2) is 39.8 Å². The van der Waals surface area contributed by atoms with Gasteiger partial charge in [0.25, 0.3) is 0 Å². The molecular formula is C9H15N3O5. The molecule has 0 saturated heterocycles. The van der Waals surface area contributed by atoms with Crippen molar-refractivity contribution in [3.8, 4) is 0 Å². The molecule has 5 N–H and O–H groups in total. The number of nitrogens with one attached hydrogen (secondary N) is 1. The van der Waals surface area contributed by atoms with Crippen LogP contribution < -0.4 is 11.2 Å². The smallest absolute Gasteiger partial charge is 0.352 e. The van der Waals surface area contributed by atoms with Crippen molar-refractivity contribution in [2.24, 2.45) is 10.8 Å². The van der Waals surface area contributed by atoms with E-state index in [1.54, 1.807) is 6.92 Å². The highest BCUT2D eigenvalue weighted by Crippen LogP contribution is 1.95. The molecule has 0 aromatic carbocycles. The van der Waals surface area contributed by atoms with Crippen LogP contribution in [0.3, 0.4) is 0 Å². The molecule has 0 aromatic heterocycles. The van der Waals surface area contributed by atoms with Crippen LogP contribution in [0, 0.1) is 0 Å². The minimum absolute atomic E-state index is 0.0365. The maximum absolute atomic E-state index is 11.2. The van der Waals surface area contributed by atoms with E-state index in [1.165, 1.54) is 0 Å². The van der Waals surface area contributed by atoms with Crippen LogP contribution in [0.15, 0.2) is 5.10 Å². The van der Waals surface area contributed by atoms with Gasteiger partial charge in [-0.1, -0.05) is 6.92 Å². The molecule has 17 heavy (non-hydrogen) atoms. The topological polar surface area (TPSA) is 142 Å². The molecule has 0 saturated carbocycles. The molecule has 0 unspecified atom stereocenters. The van der Waals surface area contributed by atoms with E-state index in [0.717, 1.165) is 0 Å². The van der Waals surface area contributed by atoms with Crippen molar-refractivity contribution in [1.82, 2.24) is 5.43 Å². The lowest BCUT2D eigenvalue weighted by Gasteiger charge is -2.05. The zero-order valence-corrected chi connectivity index (χ0v) is 9.34. The highest BCUT2D eigenvalue weighted by atomic mass is 16.4. The SMILES string of the molecule is CCC(=NNC(=O)CC[C@H](N)C(=O)O)C(=O)O. The van der Waals surface area contributed by atoms with E-state index in [1.807, 2.05) is 5.43 Å². The summed E-state index contributed by atoms with van der Waals surface area (Å²) in [5.41, 5.74) is 7.03. The minimum atomic E-state index is -1.21. The number of hydrazone groups is 1. The summed E-state index contributed by atoms with van der Waals surface area (Å²) in [5.74, 6) is -2.98. The third-order valence-electron chi connectivity index (χ3n) is 1.90. The lowest BCUT2D eigenvalue weighted by molar-refractivity contribution is -0.138. The van der Waals surface area contributed by atoms with Gasteiger partial charge >= 0.3 is 11.9 Å². The summed E-state index contributed by atoms with van der Waals surface area (Å²) in [6.07, 6.45) is 0.00303. The van der Waals surface area contributed by atoms with Gasteiger partial charge in [-0.15, -0.1) is 0 Å². The number of carboxylic acid groups (broad SMARTS) is 2. The van der Waals surface area contributed by atoms with Crippen molar-refractivity contribution in [3.05, 3.63) is 0 Å². The highest BCUT2D eigenvalue weighted by Gasteiger charge is 2.13. The van der Waals surface area contributed by atoms with Crippen molar-refractivity contribution in [3.63, 3.8) is 0 Å². The summed E-state index contributed by atoms with van der Waals surface area (Å²) in [4.78, 5) is 32.0. The molecule has 0 aromatic rings. The number of nitrogens with two attached hydrogens (primary N) is 1. The number of aliphatic carboxylic acids is 2. The normalized spacial score (nSPS) is 12.9. The zero-order valence-electron chi connectivity index (χ0n) is 9.34. The molecule has 1 atom stereocenters. The Hall–Kier alpha value is -1.96. The molecule has 8 heteroatoms. The Balaban J connectivity index is 4.11. The fraction of sp³-hybridized carbons (Fsp3) is 0.556. The summed E-state index contributed by atoms with van der Waals surface area (Å²) in [7, 11) is 0. The molecule has 0 radical (unpaired) electrons. The Morgan fingerprint density at radius 1 is 1.35 bits per heavy atom. The van der Waals surface area contributed by atoms with E-state index < -0.39 is 23.9 Å². The monoisotopic (exact) mass is 245 g/mol. The Kier molecular flexibility index (Phi) is 6.49. The number of amides is 1. The average molecular weight is 245 g/mol. The standard InChI is InChI=1S/C9H15N3O5/c1-2-6(9(16)17)11-12-7(13)4-3-5(10)8(14)15/h5H,2-4,10H2,1H3,(H,12,13)(H,14,15)(H,16,17)/t5-/m0/s1. The van der Waals surface area contributed by atoms with E-state index in [2.05, 4.69) is 5.10 Å². The number of rotatable bonds is 7. The second-order valence-corrected chi connectivity index (χ2v) is 3.24. The van der Waals surface area contributed by atoms with Crippen molar-refractivity contribution >= 4 is 23.6 Å². The summed E-state index contributed by atoms with van der Waals surface area (Å²) in [5, 5.41) is 20.5. The van der Waals surface area contributed by atoms with Crippen LogP contribution in [0.5, 0.6) is 0 Å². The van der Waals surface area contributed by atoms with Crippen LogP contribution in [0.2, 0.25) is 0 Å². The van der Waals surface area contributed by atoms with Gasteiger partial charge in [0, 0.05) is 6.42 Å². The molecule has 0 rings (SSSR count). The fourth-order valence-electron chi connectivity index (χ4n) is 0.874. The second-order valence-electron chi connectivity index (χ2n) is 3.24. The summed E-state index contributed by atoms with van der Waals surface area (Å²) < 4.78 is 0. The van der Waals surface area contributed by atoms with Gasteiger partial charge in [-0.25, -0.2) is 10.2 Å². The molecule has 1 amide bonds. The van der Waals surface area contributed by atoms with Gasteiger partial charge in [-0.2, -0.15) is 5.10 Å². The van der Waals surface area contributed by atoms with E-state index in [4.69, 9.17) is 15.9 Å². The van der Waals surface area contributed by atoms with Crippen molar-refractivity contribution in [2.45, 2.75) is 32.2 Å². The van der Waals surface area contributed by atoms with Crippen LogP contribution in [0.1, 0.15) is 26.2 Å². The fourth-order valence-corrected chi connectivity index (χ4v) is 0.874. The third-order valence-corrected chi connectivity index (χ3v) is 1.90. The molecule has 8 nitrogen and oxygen atoms in total. The molecule has 0 aliphatic heterocycles. The van der Waals surface area contributed by atoms with Crippen LogP contribution in [0.4, 0.5) is 0 Å². The number of nitrogens with zero attached hydrogens (tertiary/aromatic N) is 1. The van der Waals surface area contributed by atoms with E-state index >= 15 is 0 Å². The quantitative estimate of drug-likeness (QED) is 0.340. The van der Waals surface area contributed by atoms with Crippen molar-refractivity contribution in [1.29, 1.82) is 0 Å². The zero-order chi connectivity index (χ0) is 13.4. The lowest BCUT2D eigenvalue weighted by Crippen LogP contribution is -2.32. The van der Waals surface area contributed by atoms with Gasteiger partial charge in [-0.3, -0.25) is 9.59 Å². The van der Waals surface area contributed by atoms with E-state index in [0.29, 0.717) is 0 Å². The number of carboxylic acids is 2. The summed E-state index contributed by atoms with van der Waals surface area (Å²) >= 11 is 0. The first kappa shape index (κ1) is 15.0. The predicted molar refractivity (Wildman–Crippen MR) is 58.3 cm³/mol. The third kappa shape index (κ3) is 6.25. The number of hydrogen-bond acceptors (Lipinski definition) is 5. The molecule has 0 fully saturated rings. The lowest BCUT2D eigenvalue weighted by atomic mass is 10.2. The van der Waals surface area contributed by atoms with Crippen LogP contribution in [-0.2, 0) is 14.4 Å². The van der Waals surface area contributed by atoms with Gasteiger partial charge in [-0.05, 0) is 12.8 Å². The number of hydrogen-bond donors (Lipinski definition) is 4.